The predicted molar refractivity (Wildman–Crippen MR) is 91.6 cm³/mol. The van der Waals surface area contributed by atoms with E-state index in [1.54, 1.807) is 11.8 Å². The van der Waals surface area contributed by atoms with Gasteiger partial charge in [0.1, 0.15) is 11.5 Å². The van der Waals surface area contributed by atoms with E-state index in [0.29, 0.717) is 5.95 Å². The Bertz CT molecular complexity index is 637. The van der Waals surface area contributed by atoms with Gasteiger partial charge in [-0.3, -0.25) is 0 Å². The smallest absolute Gasteiger partial charge is 0.227 e. The van der Waals surface area contributed by atoms with Crippen LogP contribution in [0.1, 0.15) is 0 Å². The fourth-order valence-electron chi connectivity index (χ4n) is 1.76. The molecule has 0 unspecified atom stereocenters. The monoisotopic (exact) mass is 319 g/mol. The van der Waals surface area contributed by atoms with E-state index in [0.717, 1.165) is 28.2 Å². The number of hydrogen-bond acceptors (Lipinski definition) is 7. The fourth-order valence-corrected chi connectivity index (χ4v) is 2.41. The molecule has 0 amide bonds. The van der Waals surface area contributed by atoms with Crippen molar-refractivity contribution in [1.82, 2.24) is 24.7 Å². The van der Waals surface area contributed by atoms with Crippen LogP contribution in [0.15, 0.2) is 23.9 Å². The van der Waals surface area contributed by atoms with E-state index in [4.69, 9.17) is 0 Å². The molecule has 0 aromatic carbocycles. The Kier molecular flexibility index (Phi) is 5.02. The molecule has 8 heteroatoms. The summed E-state index contributed by atoms with van der Waals surface area (Å²) in [5.41, 5.74) is 0.753. The van der Waals surface area contributed by atoms with E-state index >= 15 is 0 Å². The topological polar surface area (TPSA) is 63.0 Å². The Hall–Kier alpha value is -2.09. The summed E-state index contributed by atoms with van der Waals surface area (Å²) in [5.74, 6) is 2.99. The van der Waals surface area contributed by atoms with Gasteiger partial charge in [-0.1, -0.05) is 17.8 Å². The summed E-state index contributed by atoms with van der Waals surface area (Å²) in [4.78, 5) is 12.9. The van der Waals surface area contributed by atoms with Crippen molar-refractivity contribution < 1.29 is 0 Å². The van der Waals surface area contributed by atoms with Crippen molar-refractivity contribution in [2.75, 3.05) is 43.7 Å². The molecule has 0 spiro atoms. The standard InChI is InChI=1S/C14H21N7S/c1-7-8-22-14-18-17-12(21(14)6)10-9-11(19(2)3)16-13(15-10)20(4)5/h7,9H,1,8H2,2-6H3. The van der Waals surface area contributed by atoms with Crippen molar-refractivity contribution in [3.63, 3.8) is 0 Å². The Labute approximate surface area is 135 Å². The molecule has 0 atom stereocenters. The quantitative estimate of drug-likeness (QED) is 0.593. The van der Waals surface area contributed by atoms with Gasteiger partial charge in [-0.25, -0.2) is 4.98 Å². The number of aromatic nitrogens is 5. The van der Waals surface area contributed by atoms with Gasteiger partial charge in [-0.05, 0) is 0 Å². The van der Waals surface area contributed by atoms with E-state index in [1.165, 1.54) is 0 Å². The van der Waals surface area contributed by atoms with Gasteiger partial charge in [0.15, 0.2) is 11.0 Å². The molecule has 0 aliphatic carbocycles. The summed E-state index contributed by atoms with van der Waals surface area (Å²) >= 11 is 1.59. The van der Waals surface area contributed by atoms with Gasteiger partial charge in [-0.15, -0.1) is 16.8 Å². The molecule has 2 heterocycles. The van der Waals surface area contributed by atoms with Gasteiger partial charge in [0.05, 0.1) is 0 Å². The summed E-state index contributed by atoms with van der Waals surface area (Å²) in [7, 11) is 9.68. The zero-order chi connectivity index (χ0) is 16.3. The third-order valence-corrected chi connectivity index (χ3v) is 3.97. The molecule has 118 valence electrons. The van der Waals surface area contributed by atoms with Crippen LogP contribution in [0.25, 0.3) is 11.5 Å². The number of anilines is 2. The minimum Gasteiger partial charge on any atom is -0.363 e. The number of thioether (sulfide) groups is 1. The zero-order valence-electron chi connectivity index (χ0n) is 13.6. The lowest BCUT2D eigenvalue weighted by molar-refractivity contribution is 0.792. The normalized spacial score (nSPS) is 10.6. The van der Waals surface area contributed by atoms with Gasteiger partial charge in [0.25, 0.3) is 0 Å². The molecule has 2 aromatic rings. The van der Waals surface area contributed by atoms with Gasteiger partial charge >= 0.3 is 0 Å². The highest BCUT2D eigenvalue weighted by atomic mass is 32.2. The van der Waals surface area contributed by atoms with E-state index in [1.807, 2.05) is 61.7 Å². The second kappa shape index (κ2) is 6.78. The van der Waals surface area contributed by atoms with Gasteiger partial charge < -0.3 is 14.4 Å². The first-order valence-electron chi connectivity index (χ1n) is 6.81. The van der Waals surface area contributed by atoms with Crippen LogP contribution >= 0.6 is 11.8 Å². The number of rotatable bonds is 6. The first-order valence-corrected chi connectivity index (χ1v) is 7.79. The second-order valence-corrected chi connectivity index (χ2v) is 6.15. The van der Waals surface area contributed by atoms with Crippen LogP contribution in [-0.4, -0.2) is 58.7 Å². The molecular weight excluding hydrogens is 298 g/mol. The molecule has 0 N–H and O–H groups in total. The van der Waals surface area contributed by atoms with E-state index in [2.05, 4.69) is 26.7 Å². The molecule has 0 saturated heterocycles. The highest BCUT2D eigenvalue weighted by molar-refractivity contribution is 7.99. The summed E-state index contributed by atoms with van der Waals surface area (Å²) in [6.07, 6.45) is 1.85. The van der Waals surface area contributed by atoms with Crippen LogP contribution < -0.4 is 9.80 Å². The van der Waals surface area contributed by atoms with Crippen molar-refractivity contribution in [1.29, 1.82) is 0 Å². The van der Waals surface area contributed by atoms with Crippen molar-refractivity contribution in [2.45, 2.75) is 5.16 Å². The minimum atomic E-state index is 0.643. The van der Waals surface area contributed by atoms with Gasteiger partial charge in [-0.2, -0.15) is 4.98 Å². The lowest BCUT2D eigenvalue weighted by Crippen LogP contribution is -2.17. The molecule has 2 aromatic heterocycles. The largest absolute Gasteiger partial charge is 0.363 e. The molecule has 2 rings (SSSR count). The van der Waals surface area contributed by atoms with Crippen LogP contribution in [0.2, 0.25) is 0 Å². The molecule has 0 aliphatic rings. The first-order chi connectivity index (χ1) is 10.4. The third kappa shape index (κ3) is 3.38. The third-order valence-electron chi connectivity index (χ3n) is 2.95. The van der Waals surface area contributed by atoms with Crippen molar-refractivity contribution in [2.24, 2.45) is 7.05 Å². The highest BCUT2D eigenvalue weighted by Crippen LogP contribution is 2.25. The second-order valence-electron chi connectivity index (χ2n) is 5.17. The molecular formula is C14H21N7S. The first kappa shape index (κ1) is 16.3. The summed E-state index contributed by atoms with van der Waals surface area (Å²) in [6, 6.07) is 1.92. The Morgan fingerprint density at radius 1 is 1.18 bits per heavy atom. The van der Waals surface area contributed by atoms with Gasteiger partial charge in [0.2, 0.25) is 5.95 Å². The summed E-state index contributed by atoms with van der Waals surface area (Å²) in [6.45, 7) is 3.72. The van der Waals surface area contributed by atoms with Crippen molar-refractivity contribution in [3.8, 4) is 11.5 Å². The van der Waals surface area contributed by atoms with E-state index in [9.17, 15) is 0 Å². The summed E-state index contributed by atoms with van der Waals surface area (Å²) in [5, 5.41) is 9.33. The van der Waals surface area contributed by atoms with E-state index < -0.39 is 0 Å². The molecule has 0 fully saturated rings. The molecule has 0 bridgehead atoms. The maximum atomic E-state index is 4.58. The fraction of sp³-hybridized carbons (Fsp3) is 0.429. The lowest BCUT2D eigenvalue weighted by Gasteiger charge is -2.17. The maximum absolute atomic E-state index is 4.58. The Balaban J connectivity index is 2.47. The molecule has 0 radical (unpaired) electrons. The molecule has 0 aliphatic heterocycles. The lowest BCUT2D eigenvalue weighted by atomic mass is 10.3. The Morgan fingerprint density at radius 2 is 1.91 bits per heavy atom. The average Bonchev–Trinajstić information content (AvgIpc) is 2.85. The van der Waals surface area contributed by atoms with E-state index in [-0.39, 0.29) is 0 Å². The zero-order valence-corrected chi connectivity index (χ0v) is 14.4. The molecule has 0 saturated carbocycles. The van der Waals surface area contributed by atoms with Crippen LogP contribution in [0, 0.1) is 0 Å². The number of hydrogen-bond donors (Lipinski definition) is 0. The van der Waals surface area contributed by atoms with Crippen molar-refractivity contribution >= 4 is 23.5 Å². The minimum absolute atomic E-state index is 0.643. The van der Waals surface area contributed by atoms with Crippen LogP contribution in [0.4, 0.5) is 11.8 Å². The molecule has 22 heavy (non-hydrogen) atoms. The Morgan fingerprint density at radius 3 is 2.50 bits per heavy atom. The van der Waals surface area contributed by atoms with Crippen LogP contribution in [0.5, 0.6) is 0 Å². The maximum Gasteiger partial charge on any atom is 0.227 e. The SMILES string of the molecule is C=CCSc1nnc(-c2cc(N(C)C)nc(N(C)C)n2)n1C. The summed E-state index contributed by atoms with van der Waals surface area (Å²) < 4.78 is 1.94. The highest BCUT2D eigenvalue weighted by Gasteiger charge is 2.16. The average molecular weight is 319 g/mol. The van der Waals surface area contributed by atoms with Crippen LogP contribution in [-0.2, 0) is 7.05 Å². The van der Waals surface area contributed by atoms with Gasteiger partial charge in [0, 0.05) is 47.1 Å². The van der Waals surface area contributed by atoms with Crippen molar-refractivity contribution in [3.05, 3.63) is 18.7 Å². The number of nitrogens with zero attached hydrogens (tertiary/aromatic N) is 7. The van der Waals surface area contributed by atoms with Crippen LogP contribution in [0.3, 0.4) is 0 Å². The molecule has 7 nitrogen and oxygen atoms in total. The predicted octanol–water partition coefficient (Wildman–Crippen LogP) is 1.68.